The maximum absolute atomic E-state index is 12.6. The highest BCUT2D eigenvalue weighted by Gasteiger charge is 2.23. The second kappa shape index (κ2) is 7.06. The Morgan fingerprint density at radius 3 is 2.59 bits per heavy atom. The molecule has 1 amide bonds. The second-order valence-corrected chi connectivity index (χ2v) is 6.52. The summed E-state index contributed by atoms with van der Waals surface area (Å²) in [5.74, 6) is -1.77. The average molecular weight is 367 g/mol. The zero-order valence-electron chi connectivity index (χ0n) is 15.6. The van der Waals surface area contributed by atoms with Crippen molar-refractivity contribution in [1.29, 1.82) is 0 Å². The summed E-state index contributed by atoms with van der Waals surface area (Å²) >= 11 is 0. The minimum atomic E-state index is -1.25. The molecule has 2 heterocycles. The maximum Gasteiger partial charge on any atom is 0.357 e. The fraction of sp³-hybridized carbons (Fsp3) is 0.263. The highest BCUT2D eigenvalue weighted by molar-refractivity contribution is 6.10. The molecule has 0 spiro atoms. The number of aryl methyl sites for hydroxylation is 3. The van der Waals surface area contributed by atoms with Crippen LogP contribution < -0.4 is 5.32 Å². The number of nitrogens with one attached hydrogen (secondary N) is 1. The quantitative estimate of drug-likeness (QED) is 0.721. The maximum atomic E-state index is 12.6. The summed E-state index contributed by atoms with van der Waals surface area (Å²) in [6.45, 7) is 6.28. The van der Waals surface area contributed by atoms with E-state index < -0.39 is 11.9 Å². The zero-order valence-corrected chi connectivity index (χ0v) is 15.6. The first-order chi connectivity index (χ1) is 12.8. The predicted molar refractivity (Wildman–Crippen MR) is 100 cm³/mol. The molecule has 2 N–H and O–H groups in total. The van der Waals surface area contributed by atoms with Gasteiger partial charge in [-0.15, -0.1) is 0 Å². The van der Waals surface area contributed by atoms with E-state index in [-0.39, 0.29) is 11.3 Å². The van der Waals surface area contributed by atoms with E-state index in [0.717, 1.165) is 11.3 Å². The summed E-state index contributed by atoms with van der Waals surface area (Å²) in [4.78, 5) is 23.9. The molecule has 0 atom stereocenters. The number of rotatable bonds is 5. The number of benzene rings is 1. The van der Waals surface area contributed by atoms with Crippen LogP contribution >= 0.6 is 0 Å². The minimum Gasteiger partial charge on any atom is -0.476 e. The fourth-order valence-corrected chi connectivity index (χ4v) is 3.01. The van der Waals surface area contributed by atoms with Crippen LogP contribution in [0.25, 0.3) is 0 Å². The lowest BCUT2D eigenvalue weighted by Crippen LogP contribution is -2.16. The lowest BCUT2D eigenvalue weighted by Gasteiger charge is -2.07. The van der Waals surface area contributed by atoms with E-state index in [1.54, 1.807) is 14.0 Å². The molecule has 0 fully saturated rings. The van der Waals surface area contributed by atoms with Gasteiger partial charge < -0.3 is 10.4 Å². The van der Waals surface area contributed by atoms with Crippen molar-refractivity contribution in [3.8, 4) is 0 Å². The number of nitrogens with zero attached hydrogens (tertiary/aromatic N) is 4. The summed E-state index contributed by atoms with van der Waals surface area (Å²) in [7, 11) is 1.57. The third-order valence-corrected chi connectivity index (χ3v) is 4.31. The van der Waals surface area contributed by atoms with Crippen LogP contribution in [0.2, 0.25) is 0 Å². The van der Waals surface area contributed by atoms with Crippen molar-refractivity contribution in [1.82, 2.24) is 19.6 Å². The van der Waals surface area contributed by atoms with Crippen molar-refractivity contribution in [3.63, 3.8) is 0 Å². The van der Waals surface area contributed by atoms with Gasteiger partial charge in [-0.25, -0.2) is 4.79 Å². The normalized spacial score (nSPS) is 10.8. The molecule has 0 bridgehead atoms. The van der Waals surface area contributed by atoms with Gasteiger partial charge >= 0.3 is 5.97 Å². The van der Waals surface area contributed by atoms with Crippen molar-refractivity contribution >= 4 is 17.6 Å². The molecule has 8 heteroatoms. The fourth-order valence-electron chi connectivity index (χ4n) is 3.01. The van der Waals surface area contributed by atoms with E-state index in [1.165, 1.54) is 16.4 Å². The van der Waals surface area contributed by atoms with E-state index in [0.29, 0.717) is 17.9 Å². The smallest absolute Gasteiger partial charge is 0.357 e. The molecule has 0 unspecified atom stereocenters. The van der Waals surface area contributed by atoms with Crippen LogP contribution in [-0.2, 0) is 13.6 Å². The number of hydrogen-bond acceptors (Lipinski definition) is 4. The van der Waals surface area contributed by atoms with E-state index in [4.69, 9.17) is 0 Å². The lowest BCUT2D eigenvalue weighted by molar-refractivity contribution is 0.0685. The third kappa shape index (κ3) is 3.74. The summed E-state index contributed by atoms with van der Waals surface area (Å²) in [5, 5.41) is 20.3. The molecule has 0 aliphatic rings. The molecule has 0 saturated heterocycles. The van der Waals surface area contributed by atoms with Crippen molar-refractivity contribution in [2.45, 2.75) is 27.3 Å². The van der Waals surface area contributed by atoms with Crippen molar-refractivity contribution in [3.05, 3.63) is 64.2 Å². The van der Waals surface area contributed by atoms with Crippen LogP contribution in [0.15, 0.2) is 30.5 Å². The van der Waals surface area contributed by atoms with Gasteiger partial charge in [0.05, 0.1) is 29.2 Å². The Morgan fingerprint density at radius 2 is 1.93 bits per heavy atom. The molecule has 3 rings (SSSR count). The first kappa shape index (κ1) is 18.4. The second-order valence-electron chi connectivity index (χ2n) is 6.52. The average Bonchev–Trinajstić information content (AvgIpc) is 3.11. The molecule has 1 aromatic carbocycles. The molecule has 2 aromatic heterocycles. The van der Waals surface area contributed by atoms with Gasteiger partial charge in [0.15, 0.2) is 5.69 Å². The molecule has 0 aliphatic carbocycles. The van der Waals surface area contributed by atoms with E-state index >= 15 is 0 Å². The van der Waals surface area contributed by atoms with Gasteiger partial charge in [0.25, 0.3) is 5.91 Å². The number of amides is 1. The number of carbonyl (C=O) groups is 2. The van der Waals surface area contributed by atoms with E-state index in [9.17, 15) is 14.7 Å². The lowest BCUT2D eigenvalue weighted by atomic mass is 10.1. The third-order valence-electron chi connectivity index (χ3n) is 4.31. The molecular formula is C19H21N5O3. The zero-order chi connectivity index (χ0) is 19.7. The highest BCUT2D eigenvalue weighted by atomic mass is 16.4. The first-order valence-electron chi connectivity index (χ1n) is 8.44. The molecule has 27 heavy (non-hydrogen) atoms. The molecule has 0 aliphatic heterocycles. The summed E-state index contributed by atoms with van der Waals surface area (Å²) in [6, 6.07) is 8.14. The summed E-state index contributed by atoms with van der Waals surface area (Å²) in [5.41, 5.74) is 4.04. The number of carboxylic acids is 1. The standard InChI is InChI=1S/C19H21N5O3/c1-11-6-5-7-14(8-11)9-24-13(3)16(12(2)21-24)20-18(25)15-10-23(4)22-17(15)19(26)27/h5-8,10H,9H2,1-4H3,(H,20,25)(H,26,27). The van der Waals surface area contributed by atoms with Gasteiger partial charge in [-0.05, 0) is 26.3 Å². The van der Waals surface area contributed by atoms with Crippen LogP contribution in [0.1, 0.15) is 43.4 Å². The molecular weight excluding hydrogens is 346 g/mol. The number of anilines is 1. The number of carbonyl (C=O) groups excluding carboxylic acids is 1. The van der Waals surface area contributed by atoms with Crippen LogP contribution in [0.5, 0.6) is 0 Å². The highest BCUT2D eigenvalue weighted by Crippen LogP contribution is 2.22. The minimum absolute atomic E-state index is 0.00948. The van der Waals surface area contributed by atoms with Gasteiger partial charge in [-0.1, -0.05) is 29.8 Å². The molecule has 0 radical (unpaired) electrons. The first-order valence-corrected chi connectivity index (χ1v) is 8.44. The number of aromatic carboxylic acids is 1. The Labute approximate surface area is 156 Å². The Morgan fingerprint density at radius 1 is 1.19 bits per heavy atom. The van der Waals surface area contributed by atoms with E-state index in [1.807, 2.05) is 36.7 Å². The van der Waals surface area contributed by atoms with Crippen LogP contribution in [-0.4, -0.2) is 36.5 Å². The van der Waals surface area contributed by atoms with Gasteiger partial charge in [-0.3, -0.25) is 14.2 Å². The Bertz CT molecular complexity index is 1030. The monoisotopic (exact) mass is 367 g/mol. The van der Waals surface area contributed by atoms with Crippen LogP contribution in [0.3, 0.4) is 0 Å². The molecule has 8 nitrogen and oxygen atoms in total. The van der Waals surface area contributed by atoms with E-state index in [2.05, 4.69) is 21.6 Å². The SMILES string of the molecule is Cc1cccc(Cn2nc(C)c(NC(=O)c3cn(C)nc3C(=O)O)c2C)c1. The van der Waals surface area contributed by atoms with Crippen LogP contribution in [0.4, 0.5) is 5.69 Å². The largest absolute Gasteiger partial charge is 0.476 e. The molecule has 0 saturated carbocycles. The van der Waals surface area contributed by atoms with Crippen LogP contribution in [0, 0.1) is 20.8 Å². The van der Waals surface area contributed by atoms with Crippen molar-refractivity contribution < 1.29 is 14.7 Å². The van der Waals surface area contributed by atoms with Gasteiger partial charge in [0.2, 0.25) is 0 Å². The number of aromatic nitrogens is 4. The van der Waals surface area contributed by atoms with Gasteiger partial charge in [0, 0.05) is 13.2 Å². The van der Waals surface area contributed by atoms with Gasteiger partial charge in [-0.2, -0.15) is 10.2 Å². The Balaban J connectivity index is 1.87. The topological polar surface area (TPSA) is 102 Å². The summed E-state index contributed by atoms with van der Waals surface area (Å²) < 4.78 is 3.13. The van der Waals surface area contributed by atoms with Crippen molar-refractivity contribution in [2.24, 2.45) is 7.05 Å². The van der Waals surface area contributed by atoms with Gasteiger partial charge in [0.1, 0.15) is 0 Å². The Kier molecular flexibility index (Phi) is 4.81. The number of hydrogen-bond donors (Lipinski definition) is 2. The summed E-state index contributed by atoms with van der Waals surface area (Å²) in [6.07, 6.45) is 1.39. The molecule has 140 valence electrons. The Hall–Kier alpha value is -3.42. The number of carboxylic acid groups (broad SMARTS) is 1. The predicted octanol–water partition coefficient (Wildman–Crippen LogP) is 2.54. The molecule has 3 aromatic rings. The van der Waals surface area contributed by atoms with Crippen molar-refractivity contribution in [2.75, 3.05) is 5.32 Å².